The summed E-state index contributed by atoms with van der Waals surface area (Å²) in [5.74, 6) is -1.92. The van der Waals surface area contributed by atoms with Gasteiger partial charge in [0, 0.05) is 27.7 Å². The molecule has 0 unspecified atom stereocenters. The topological polar surface area (TPSA) is 108 Å². The average Bonchev–Trinajstić information content (AvgIpc) is 3.20. The van der Waals surface area contributed by atoms with Gasteiger partial charge in [-0.1, -0.05) is 0 Å². The van der Waals surface area contributed by atoms with Crippen molar-refractivity contribution >= 4 is 35.6 Å². The maximum atomic E-state index is 11.8. The van der Waals surface area contributed by atoms with E-state index < -0.39 is 47.8 Å². The van der Waals surface area contributed by atoms with Crippen LogP contribution in [0.5, 0.6) is 0 Å². The zero-order chi connectivity index (χ0) is 20.5. The monoisotopic (exact) mass is 403 g/mol. The molecule has 152 valence electrons. The summed E-state index contributed by atoms with van der Waals surface area (Å²) >= 11 is 1.27. The van der Waals surface area contributed by atoms with Crippen molar-refractivity contribution in [2.75, 3.05) is 6.26 Å². The van der Waals surface area contributed by atoms with Gasteiger partial charge in [0.1, 0.15) is 11.5 Å². The van der Waals surface area contributed by atoms with Crippen LogP contribution in [0.2, 0.25) is 0 Å². The van der Waals surface area contributed by atoms with Gasteiger partial charge in [-0.05, 0) is 13.2 Å². The fraction of sp³-hybridized carbons (Fsp3) is 0.765. The summed E-state index contributed by atoms with van der Waals surface area (Å²) in [5.41, 5.74) is -0.656. The highest BCUT2D eigenvalue weighted by Crippen LogP contribution is 2.41. The van der Waals surface area contributed by atoms with Gasteiger partial charge in [-0.25, -0.2) is 0 Å². The highest BCUT2D eigenvalue weighted by atomic mass is 32.2. The molecular weight excluding hydrogens is 378 g/mol. The second-order valence-electron chi connectivity index (χ2n) is 6.58. The number of hydrogen-bond acceptors (Lipinski definition) is 9. The summed E-state index contributed by atoms with van der Waals surface area (Å²) in [6.07, 6.45) is -1.99. The Morgan fingerprint density at radius 1 is 0.852 bits per heavy atom. The lowest BCUT2D eigenvalue weighted by Crippen LogP contribution is -2.62. The van der Waals surface area contributed by atoms with Crippen molar-refractivity contribution in [1.82, 2.24) is 4.90 Å². The summed E-state index contributed by atoms with van der Waals surface area (Å²) in [6.45, 7) is 6.97. The van der Waals surface area contributed by atoms with Gasteiger partial charge in [0.25, 0.3) is 0 Å². The summed E-state index contributed by atoms with van der Waals surface area (Å²) < 4.78 is 22.2. The highest BCUT2D eigenvalue weighted by molar-refractivity contribution is 7.99. The van der Waals surface area contributed by atoms with Crippen LogP contribution in [0.25, 0.3) is 0 Å². The Balaban J connectivity index is 2.41. The predicted molar refractivity (Wildman–Crippen MR) is 94.6 cm³/mol. The summed E-state index contributed by atoms with van der Waals surface area (Å²) in [6, 6.07) is -0.450. The molecule has 0 radical (unpaired) electrons. The van der Waals surface area contributed by atoms with Crippen molar-refractivity contribution in [2.24, 2.45) is 0 Å². The maximum absolute atomic E-state index is 11.8. The Morgan fingerprint density at radius 3 is 1.74 bits per heavy atom. The lowest BCUT2D eigenvalue weighted by Gasteiger charge is -2.44. The van der Waals surface area contributed by atoms with E-state index in [1.807, 2.05) is 6.92 Å². The number of carbonyl (C=O) groups is 4. The first kappa shape index (κ1) is 21.5. The number of ether oxygens (including phenoxy) is 4. The SMILES string of the molecule is CS[C@@H]1O[C@H]([C@@H]2[C@H](C)N2C(C)=O)[C@H](OC(C)=O)[C@@H](OC(C)=O)[C@@H]1OC(C)=O. The van der Waals surface area contributed by atoms with Crippen molar-refractivity contribution in [3.05, 3.63) is 0 Å². The first-order chi connectivity index (χ1) is 12.6. The highest BCUT2D eigenvalue weighted by Gasteiger charge is 2.61. The van der Waals surface area contributed by atoms with Crippen molar-refractivity contribution in [3.8, 4) is 0 Å². The normalized spacial score (nSPS) is 35.2. The molecule has 2 fully saturated rings. The van der Waals surface area contributed by atoms with Crippen LogP contribution in [0.1, 0.15) is 34.6 Å². The second-order valence-corrected chi connectivity index (χ2v) is 7.52. The third kappa shape index (κ3) is 4.73. The smallest absolute Gasteiger partial charge is 0.303 e. The van der Waals surface area contributed by atoms with Crippen LogP contribution < -0.4 is 0 Å². The van der Waals surface area contributed by atoms with Crippen LogP contribution in [-0.4, -0.2) is 76.9 Å². The van der Waals surface area contributed by atoms with Crippen molar-refractivity contribution < 1.29 is 38.1 Å². The Kier molecular flexibility index (Phi) is 6.74. The third-order valence-electron chi connectivity index (χ3n) is 4.53. The van der Waals surface area contributed by atoms with Crippen LogP contribution in [0.4, 0.5) is 0 Å². The Bertz CT molecular complexity index is 626. The van der Waals surface area contributed by atoms with E-state index in [0.717, 1.165) is 0 Å². The molecule has 2 aliphatic heterocycles. The Hall–Kier alpha value is -1.81. The molecule has 2 saturated heterocycles. The molecule has 0 spiro atoms. The van der Waals surface area contributed by atoms with E-state index in [-0.39, 0.29) is 18.0 Å². The van der Waals surface area contributed by atoms with Crippen LogP contribution in [-0.2, 0) is 38.1 Å². The summed E-state index contributed by atoms with van der Waals surface area (Å²) in [7, 11) is 0. The van der Waals surface area contributed by atoms with Crippen LogP contribution >= 0.6 is 11.8 Å². The molecule has 2 aliphatic rings. The number of hydrogen-bond donors (Lipinski definition) is 0. The van der Waals surface area contributed by atoms with E-state index in [1.165, 1.54) is 39.5 Å². The third-order valence-corrected chi connectivity index (χ3v) is 5.38. The average molecular weight is 403 g/mol. The molecule has 0 saturated carbocycles. The minimum atomic E-state index is -1.05. The van der Waals surface area contributed by atoms with Crippen molar-refractivity contribution in [3.63, 3.8) is 0 Å². The molecular formula is C17H25NO8S. The first-order valence-electron chi connectivity index (χ1n) is 8.57. The van der Waals surface area contributed by atoms with Gasteiger partial charge in [0.2, 0.25) is 5.91 Å². The van der Waals surface area contributed by atoms with E-state index in [0.29, 0.717) is 0 Å². The van der Waals surface area contributed by atoms with Crippen LogP contribution in [0.3, 0.4) is 0 Å². The molecule has 0 aliphatic carbocycles. The van der Waals surface area contributed by atoms with E-state index in [9.17, 15) is 19.2 Å². The summed E-state index contributed by atoms with van der Waals surface area (Å²) in [5, 5.41) is 0. The molecule has 0 bridgehead atoms. The van der Waals surface area contributed by atoms with E-state index in [2.05, 4.69) is 0 Å². The molecule has 27 heavy (non-hydrogen) atoms. The number of carbonyl (C=O) groups excluding carboxylic acids is 4. The van der Waals surface area contributed by atoms with Crippen LogP contribution in [0.15, 0.2) is 0 Å². The molecule has 2 heterocycles. The second kappa shape index (κ2) is 8.47. The molecule has 10 heteroatoms. The molecule has 9 nitrogen and oxygen atoms in total. The molecule has 2 rings (SSSR count). The minimum Gasteiger partial charge on any atom is -0.456 e. The Morgan fingerprint density at radius 2 is 1.33 bits per heavy atom. The quantitative estimate of drug-likeness (QED) is 0.368. The molecule has 0 aromatic heterocycles. The van der Waals surface area contributed by atoms with Crippen LogP contribution in [0, 0.1) is 0 Å². The first-order valence-corrected chi connectivity index (χ1v) is 9.86. The van der Waals surface area contributed by atoms with Gasteiger partial charge in [-0.15, -0.1) is 11.8 Å². The lowest BCUT2D eigenvalue weighted by molar-refractivity contribution is -0.232. The molecule has 0 aromatic carbocycles. The lowest BCUT2D eigenvalue weighted by atomic mass is 9.95. The standard InChI is InChI=1S/C17H25NO8S/c1-7-12(18(7)8(2)19)13-14(23-9(3)20)15(24-10(4)21)16(25-11(5)22)17(26-13)27-6/h7,12-17H,1-6H3/t7-,12-,13+,14-,15+,16-,17-,18?/m0/s1. The largest absolute Gasteiger partial charge is 0.456 e. The van der Waals surface area contributed by atoms with Gasteiger partial charge in [-0.3, -0.25) is 19.2 Å². The van der Waals surface area contributed by atoms with Gasteiger partial charge in [0.05, 0.1) is 12.1 Å². The molecule has 7 atom stereocenters. The number of amides is 1. The number of nitrogens with zero attached hydrogens (tertiary/aromatic N) is 1. The molecule has 0 N–H and O–H groups in total. The van der Waals surface area contributed by atoms with E-state index in [4.69, 9.17) is 18.9 Å². The maximum Gasteiger partial charge on any atom is 0.303 e. The zero-order valence-corrected chi connectivity index (χ0v) is 17.0. The number of thioether (sulfide) groups is 1. The van der Waals surface area contributed by atoms with E-state index in [1.54, 1.807) is 11.2 Å². The fourth-order valence-electron chi connectivity index (χ4n) is 3.57. The number of rotatable bonds is 5. The minimum absolute atomic E-state index is 0.115. The van der Waals surface area contributed by atoms with Gasteiger partial charge in [-0.2, -0.15) is 0 Å². The fourth-order valence-corrected chi connectivity index (χ4v) is 4.29. The number of esters is 3. The van der Waals surface area contributed by atoms with Gasteiger partial charge >= 0.3 is 17.9 Å². The molecule has 0 aromatic rings. The Labute approximate surface area is 162 Å². The van der Waals surface area contributed by atoms with Gasteiger partial charge in [0.15, 0.2) is 18.3 Å². The predicted octanol–water partition coefficient (Wildman–Crippen LogP) is 0.489. The zero-order valence-electron chi connectivity index (χ0n) is 16.2. The molecule has 1 amide bonds. The van der Waals surface area contributed by atoms with Crippen molar-refractivity contribution in [2.45, 2.75) is 76.6 Å². The summed E-state index contributed by atoms with van der Waals surface area (Å²) in [4.78, 5) is 48.4. The van der Waals surface area contributed by atoms with E-state index >= 15 is 0 Å². The van der Waals surface area contributed by atoms with Crippen molar-refractivity contribution in [1.29, 1.82) is 0 Å². The van der Waals surface area contributed by atoms with Gasteiger partial charge < -0.3 is 23.8 Å².